The second-order valence-electron chi connectivity index (χ2n) is 11.0. The molecule has 0 bridgehead atoms. The minimum Gasteiger partial charge on any atom is -0.481 e. The Hall–Kier alpha value is -4.55. The van der Waals surface area contributed by atoms with Crippen LogP contribution in [0.5, 0.6) is 0 Å². The van der Waals surface area contributed by atoms with E-state index in [2.05, 4.69) is 15.2 Å². The monoisotopic (exact) mass is 625 g/mol. The van der Waals surface area contributed by atoms with Crippen molar-refractivity contribution in [2.75, 3.05) is 18.0 Å². The van der Waals surface area contributed by atoms with Crippen LogP contribution < -0.4 is 4.90 Å². The van der Waals surface area contributed by atoms with Crippen molar-refractivity contribution in [3.05, 3.63) is 82.4 Å². The van der Waals surface area contributed by atoms with Gasteiger partial charge in [0.2, 0.25) is 15.8 Å². The van der Waals surface area contributed by atoms with Crippen LogP contribution in [0.4, 0.5) is 19.0 Å². The quantitative estimate of drug-likeness (QED) is 0.335. The number of benzene rings is 1. The third kappa shape index (κ3) is 5.13. The van der Waals surface area contributed by atoms with E-state index in [1.54, 1.807) is 31.2 Å². The lowest BCUT2D eigenvalue weighted by Crippen LogP contribution is -2.39. The zero-order valence-corrected chi connectivity index (χ0v) is 24.2. The number of pyridine rings is 2. The fourth-order valence-electron chi connectivity index (χ4n) is 6.19. The number of rotatable bonds is 6. The van der Waals surface area contributed by atoms with Crippen molar-refractivity contribution in [3.8, 4) is 6.07 Å². The van der Waals surface area contributed by atoms with Gasteiger partial charge < -0.3 is 10.0 Å². The van der Waals surface area contributed by atoms with Crippen LogP contribution in [0.15, 0.2) is 53.7 Å². The maximum Gasteiger partial charge on any atom is 0.452 e. The lowest BCUT2D eigenvalue weighted by molar-refractivity contribution is -0.145. The molecule has 11 nitrogen and oxygen atoms in total. The van der Waals surface area contributed by atoms with E-state index in [-0.39, 0.29) is 41.7 Å². The van der Waals surface area contributed by atoms with Gasteiger partial charge in [0.25, 0.3) is 0 Å². The first-order chi connectivity index (χ1) is 20.9. The maximum atomic E-state index is 13.9. The van der Waals surface area contributed by atoms with Gasteiger partial charge in [-0.2, -0.15) is 22.7 Å². The first-order valence-corrected chi connectivity index (χ1v) is 15.2. The fourth-order valence-corrected chi connectivity index (χ4v) is 7.83. The number of aryl methyl sites for hydroxylation is 1. The molecule has 1 saturated heterocycles. The number of sulfonamides is 1. The molecule has 228 valence electrons. The zero-order chi connectivity index (χ0) is 31.4. The number of carboxylic acids is 1. The van der Waals surface area contributed by atoms with Crippen LogP contribution in [0, 0.1) is 18.3 Å². The van der Waals surface area contributed by atoms with Crippen LogP contribution in [0.3, 0.4) is 0 Å². The summed E-state index contributed by atoms with van der Waals surface area (Å²) >= 11 is 0. The SMILES string of the molecule is Cc1c([C@@H](CC(=O)O)c2cccc(CN3CC4CCCN4c4ncc(C#N)cc4S3(=O)=O)c2)ccn2c(C(F)(F)F)nnc12. The van der Waals surface area contributed by atoms with Gasteiger partial charge in [-0.25, -0.2) is 13.4 Å². The molecule has 2 atom stereocenters. The third-order valence-electron chi connectivity index (χ3n) is 8.23. The Morgan fingerprint density at radius 3 is 2.75 bits per heavy atom. The van der Waals surface area contributed by atoms with Crippen LogP contribution in [-0.4, -0.2) is 62.5 Å². The summed E-state index contributed by atoms with van der Waals surface area (Å²) < 4.78 is 70.3. The number of nitrogens with zero attached hydrogens (tertiary/aromatic N) is 7. The van der Waals surface area contributed by atoms with Gasteiger partial charge in [-0.3, -0.25) is 9.20 Å². The molecule has 1 fully saturated rings. The van der Waals surface area contributed by atoms with Crippen molar-refractivity contribution in [3.63, 3.8) is 0 Å². The van der Waals surface area contributed by atoms with E-state index in [0.717, 1.165) is 17.2 Å². The van der Waals surface area contributed by atoms with Gasteiger partial charge in [0, 0.05) is 44.0 Å². The second kappa shape index (κ2) is 10.9. The average molecular weight is 626 g/mol. The number of nitriles is 1. The third-order valence-corrected chi connectivity index (χ3v) is 10.0. The Morgan fingerprint density at radius 2 is 2.02 bits per heavy atom. The second-order valence-corrected chi connectivity index (χ2v) is 12.9. The molecule has 0 radical (unpaired) electrons. The molecule has 2 aliphatic heterocycles. The zero-order valence-electron chi connectivity index (χ0n) is 23.4. The first-order valence-electron chi connectivity index (χ1n) is 13.8. The highest BCUT2D eigenvalue weighted by atomic mass is 32.2. The Labute approximate surface area is 250 Å². The van der Waals surface area contributed by atoms with Crippen molar-refractivity contribution in [1.29, 1.82) is 5.26 Å². The Bertz CT molecular complexity index is 1940. The number of carbonyl (C=O) groups is 1. The van der Waals surface area contributed by atoms with E-state index in [9.17, 15) is 36.8 Å². The van der Waals surface area contributed by atoms with Crippen LogP contribution in [0.1, 0.15) is 58.8 Å². The van der Waals surface area contributed by atoms with E-state index in [0.29, 0.717) is 34.6 Å². The molecule has 3 aromatic heterocycles. The first kappa shape index (κ1) is 29.5. The normalized spacial score (nSPS) is 18.8. The van der Waals surface area contributed by atoms with Gasteiger partial charge >= 0.3 is 12.1 Å². The molecular formula is C29H26F3N7O4S. The van der Waals surface area contributed by atoms with Gasteiger partial charge in [0.1, 0.15) is 16.8 Å². The van der Waals surface area contributed by atoms with E-state index in [1.165, 1.54) is 28.8 Å². The number of fused-ring (bicyclic) bond motifs is 4. The summed E-state index contributed by atoms with van der Waals surface area (Å²) in [7, 11) is -4.06. The van der Waals surface area contributed by atoms with Gasteiger partial charge in [0.05, 0.1) is 12.0 Å². The molecule has 4 aromatic rings. The lowest BCUT2D eigenvalue weighted by atomic mass is 9.86. The predicted molar refractivity (Wildman–Crippen MR) is 150 cm³/mol. The van der Waals surface area contributed by atoms with E-state index in [4.69, 9.17) is 0 Å². The van der Waals surface area contributed by atoms with Crippen molar-refractivity contribution < 1.29 is 31.5 Å². The largest absolute Gasteiger partial charge is 0.481 e. The van der Waals surface area contributed by atoms with Crippen LogP contribution >= 0.6 is 0 Å². The topological polar surface area (TPSA) is 145 Å². The van der Waals surface area contributed by atoms with Gasteiger partial charge in [0.15, 0.2) is 5.65 Å². The number of aliphatic carboxylic acids is 1. The van der Waals surface area contributed by atoms with Crippen LogP contribution in [0.2, 0.25) is 0 Å². The van der Waals surface area contributed by atoms with E-state index >= 15 is 0 Å². The Kier molecular flexibility index (Phi) is 7.29. The summed E-state index contributed by atoms with van der Waals surface area (Å²) in [5.74, 6) is -2.74. The molecule has 1 N–H and O–H groups in total. The summed E-state index contributed by atoms with van der Waals surface area (Å²) in [6.07, 6.45) is -0.903. The fraction of sp³-hybridized carbons (Fsp3) is 0.345. The molecule has 1 unspecified atom stereocenters. The summed E-state index contributed by atoms with van der Waals surface area (Å²) in [6.45, 7) is 2.39. The molecule has 15 heteroatoms. The molecule has 0 spiro atoms. The maximum absolute atomic E-state index is 13.9. The van der Waals surface area contributed by atoms with Crippen molar-refractivity contribution in [1.82, 2.24) is 23.9 Å². The molecule has 44 heavy (non-hydrogen) atoms. The number of aromatic nitrogens is 4. The lowest BCUT2D eigenvalue weighted by Gasteiger charge is -2.26. The number of hydrogen-bond donors (Lipinski definition) is 1. The summed E-state index contributed by atoms with van der Waals surface area (Å²) in [5, 5.41) is 26.2. The summed E-state index contributed by atoms with van der Waals surface area (Å²) in [5.41, 5.74) is 2.05. The molecule has 5 heterocycles. The molecule has 2 aliphatic rings. The highest BCUT2D eigenvalue weighted by molar-refractivity contribution is 7.89. The smallest absolute Gasteiger partial charge is 0.452 e. The summed E-state index contributed by atoms with van der Waals surface area (Å²) in [4.78, 5) is 18.2. The minimum atomic E-state index is -4.72. The summed E-state index contributed by atoms with van der Waals surface area (Å²) in [6, 6.07) is 11.5. The van der Waals surface area contributed by atoms with E-state index < -0.39 is 33.9 Å². The van der Waals surface area contributed by atoms with Gasteiger partial charge in [-0.15, -0.1) is 10.2 Å². The highest BCUT2D eigenvalue weighted by Crippen LogP contribution is 2.38. The molecule has 0 aliphatic carbocycles. The molecule has 1 aromatic carbocycles. The number of halogens is 3. The number of alkyl halides is 3. The molecule has 6 rings (SSSR count). The van der Waals surface area contributed by atoms with Crippen molar-refractivity contribution in [2.45, 2.75) is 55.8 Å². The number of anilines is 1. The minimum absolute atomic E-state index is 0.0202. The van der Waals surface area contributed by atoms with E-state index in [1.807, 2.05) is 11.0 Å². The Balaban J connectivity index is 1.38. The van der Waals surface area contributed by atoms with Gasteiger partial charge in [-0.05, 0) is 54.2 Å². The molecule has 0 amide bonds. The average Bonchev–Trinajstić information content (AvgIpc) is 3.62. The van der Waals surface area contributed by atoms with Crippen molar-refractivity contribution >= 4 is 27.5 Å². The van der Waals surface area contributed by atoms with Crippen LogP contribution in [-0.2, 0) is 27.5 Å². The number of hydrogen-bond acceptors (Lipinski definition) is 8. The molecule has 0 saturated carbocycles. The van der Waals surface area contributed by atoms with Gasteiger partial charge in [-0.1, -0.05) is 24.3 Å². The van der Waals surface area contributed by atoms with Crippen molar-refractivity contribution in [2.24, 2.45) is 0 Å². The van der Waals surface area contributed by atoms with Crippen LogP contribution in [0.25, 0.3) is 5.65 Å². The molecular weight excluding hydrogens is 599 g/mol. The predicted octanol–water partition coefficient (Wildman–Crippen LogP) is 4.10. The number of carboxylic acid groups (broad SMARTS) is 1. The highest BCUT2D eigenvalue weighted by Gasteiger charge is 2.41. The standard InChI is InChI=1S/C29H26F3N7O4S/c1-17-22(7-9-39-26(17)35-36-28(39)29(30,31)32)23(12-25(40)41)20-5-2-4-18(10-20)15-37-16-21-6-3-8-38(21)27-24(44(37,42)43)11-19(13-33)14-34-27/h2,4-5,7,9-11,14,21,23H,3,6,8,12,15-16H2,1H3,(H,40,41)/t21?,23-/m0/s1. The Morgan fingerprint density at radius 1 is 1.23 bits per heavy atom.